The Morgan fingerprint density at radius 3 is 2.48 bits per heavy atom. The van der Waals surface area contributed by atoms with Gasteiger partial charge in [0, 0.05) is 29.3 Å². The fourth-order valence-electron chi connectivity index (χ4n) is 9.61. The summed E-state index contributed by atoms with van der Waals surface area (Å²) >= 11 is 1.62. The van der Waals surface area contributed by atoms with Gasteiger partial charge in [0.2, 0.25) is 21.8 Å². The largest absolute Gasteiger partial charge is 0.459 e. The number of carbonyl (C=O) groups excluding carboxylic acids is 4. The number of nitrogens with one attached hydrogen (secondary N) is 3. The molecule has 64 heavy (non-hydrogen) atoms. The number of nitrogens with zero attached hydrogens (tertiary/aromatic N) is 4. The number of rotatable bonds is 10. The van der Waals surface area contributed by atoms with Crippen LogP contribution in [0.15, 0.2) is 35.7 Å². The molecule has 0 unspecified atom stereocenters. The summed E-state index contributed by atoms with van der Waals surface area (Å²) in [5.74, 6) is -1.66. The van der Waals surface area contributed by atoms with Crippen molar-refractivity contribution < 1.29 is 37.1 Å². The van der Waals surface area contributed by atoms with Gasteiger partial charge in [0.05, 0.1) is 22.5 Å². The van der Waals surface area contributed by atoms with E-state index in [4.69, 9.17) is 19.4 Å². The first-order chi connectivity index (χ1) is 30.4. The number of hydrogen-bond acceptors (Lipinski definition) is 11. The lowest BCUT2D eigenvalue weighted by atomic mass is 9.86. The molecule has 4 amide bonds. The van der Waals surface area contributed by atoms with Crippen LogP contribution in [0, 0.1) is 11.8 Å². The fourth-order valence-corrected chi connectivity index (χ4v) is 11.8. The highest BCUT2D eigenvalue weighted by Crippen LogP contribution is 2.48. The molecule has 0 spiro atoms. The molecule has 0 bridgehead atoms. The number of amides is 4. The third kappa shape index (κ3) is 9.85. The number of para-hydroxylation sites is 1. The first kappa shape index (κ1) is 46.0. The molecule has 2 aromatic heterocycles. The normalized spacial score (nSPS) is 27.1. The van der Waals surface area contributed by atoms with E-state index in [1.165, 1.54) is 37.0 Å². The van der Waals surface area contributed by atoms with Crippen molar-refractivity contribution in [1.82, 2.24) is 34.8 Å². The number of allylic oxidation sites excluding steroid dienone is 1. The van der Waals surface area contributed by atoms with Crippen molar-refractivity contribution >= 4 is 56.2 Å². The second kappa shape index (κ2) is 18.0. The van der Waals surface area contributed by atoms with Crippen LogP contribution in [0.25, 0.3) is 21.6 Å². The molecule has 348 valence electrons. The summed E-state index contributed by atoms with van der Waals surface area (Å²) in [4.78, 5) is 68.3. The van der Waals surface area contributed by atoms with Crippen LogP contribution in [0.1, 0.15) is 143 Å². The van der Waals surface area contributed by atoms with Gasteiger partial charge in [0.1, 0.15) is 39.9 Å². The molecule has 17 heteroatoms. The molecule has 8 rings (SSSR count). The second-order valence-electron chi connectivity index (χ2n) is 20.3. The van der Waals surface area contributed by atoms with E-state index in [1.54, 1.807) is 39.0 Å². The van der Waals surface area contributed by atoms with Crippen molar-refractivity contribution in [3.63, 3.8) is 0 Å². The van der Waals surface area contributed by atoms with E-state index >= 15 is 0 Å². The van der Waals surface area contributed by atoms with E-state index in [9.17, 15) is 27.6 Å². The number of hydrogen-bond donors (Lipinski definition) is 3. The molecule has 2 aliphatic heterocycles. The summed E-state index contributed by atoms with van der Waals surface area (Å²) in [6.45, 7) is 10.9. The Morgan fingerprint density at radius 1 is 1.03 bits per heavy atom. The number of benzene rings is 1. The molecule has 5 atom stereocenters. The highest BCUT2D eigenvalue weighted by Gasteiger charge is 2.63. The minimum absolute atomic E-state index is 0.0101. The Bertz CT molecular complexity index is 2390. The minimum atomic E-state index is -4.00. The Morgan fingerprint density at radius 2 is 1.77 bits per heavy atom. The predicted molar refractivity (Wildman–Crippen MR) is 245 cm³/mol. The number of sulfonamides is 1. The lowest BCUT2D eigenvalue weighted by Crippen LogP contribution is -2.58. The maximum Gasteiger partial charge on any atom is 0.408 e. The number of aromatic nitrogens is 3. The quantitative estimate of drug-likeness (QED) is 0.172. The average Bonchev–Trinajstić information content (AvgIpc) is 3.92. The molecule has 0 radical (unpaired) electrons. The standard InChI is InChI=1S/C47H65N7O8S2/c1-29(2)54-36-21-15-19-34(40-48-32(28-63-40)24-30-16-11-10-12-17-30)38(36)50-43(54)61-33-25-37-39(55)51-47(42(57)52-64(59,60)46(6)22-23-46)26-31(47)18-13-8-7-9-14-20-35(41(56)53(37)27-33)49-44(58)62-45(3,4)5/h13,15,18-19,21,28-31,33,35,37H,7-12,14,16-17,20,22-27H2,1-6H3,(H,49,58)(H,51,55)(H,52,57)/b18-13-/t31-,33-,35+,37+,47-/m1/s1. The molecule has 3 aliphatic carbocycles. The SMILES string of the molecule is CC(C)n1c(O[C@@H]2C[C@H]3C(=O)N[C@]4(C(=O)NS(=O)(=O)C5(C)CC5)C[C@H]4/C=C\CCCCC[C@H](NC(=O)OC(C)(C)C)C(=O)N3C2)nc2c(-c3nc(CC4CCCCC4)cs3)cccc21. The van der Waals surface area contributed by atoms with Gasteiger partial charge in [-0.05, 0) is 105 Å². The maximum absolute atomic E-state index is 14.8. The Hall–Kier alpha value is -4.51. The van der Waals surface area contributed by atoms with Crippen molar-refractivity contribution in [2.75, 3.05) is 6.54 Å². The van der Waals surface area contributed by atoms with Crippen LogP contribution in [0.5, 0.6) is 6.01 Å². The highest BCUT2D eigenvalue weighted by molar-refractivity contribution is 7.91. The van der Waals surface area contributed by atoms with Gasteiger partial charge in [-0.2, -0.15) is 4.98 Å². The van der Waals surface area contributed by atoms with E-state index in [0.29, 0.717) is 44.0 Å². The number of thiazole rings is 1. The van der Waals surface area contributed by atoms with Crippen LogP contribution in [0.4, 0.5) is 4.79 Å². The van der Waals surface area contributed by atoms with Gasteiger partial charge in [-0.3, -0.25) is 23.7 Å². The first-order valence-corrected chi connectivity index (χ1v) is 25.7. The molecule has 5 aliphatic rings. The van der Waals surface area contributed by atoms with E-state index < -0.39 is 73.8 Å². The van der Waals surface area contributed by atoms with Crippen LogP contribution in [-0.2, 0) is 35.6 Å². The molecule has 3 N–H and O–H groups in total. The number of carbonyl (C=O) groups is 4. The summed E-state index contributed by atoms with van der Waals surface area (Å²) < 4.78 is 42.2. The van der Waals surface area contributed by atoms with Crippen LogP contribution >= 0.6 is 11.3 Å². The number of ether oxygens (including phenoxy) is 2. The van der Waals surface area contributed by atoms with E-state index in [-0.39, 0.29) is 25.4 Å². The van der Waals surface area contributed by atoms with Gasteiger partial charge >= 0.3 is 6.09 Å². The number of imidazole rings is 1. The topological polar surface area (TPSA) is 191 Å². The lowest BCUT2D eigenvalue weighted by molar-refractivity contribution is -0.141. The second-order valence-corrected chi connectivity index (χ2v) is 23.3. The van der Waals surface area contributed by atoms with Crippen molar-refractivity contribution in [3.8, 4) is 16.6 Å². The molecule has 3 aromatic rings. The molecular weight excluding hydrogens is 855 g/mol. The van der Waals surface area contributed by atoms with Crippen molar-refractivity contribution in [1.29, 1.82) is 0 Å². The first-order valence-electron chi connectivity index (χ1n) is 23.3. The fraction of sp³-hybridized carbons (Fsp3) is 0.660. The maximum atomic E-state index is 14.8. The summed E-state index contributed by atoms with van der Waals surface area (Å²) in [6.07, 6.45) is 14.0. The monoisotopic (exact) mass is 919 g/mol. The predicted octanol–water partition coefficient (Wildman–Crippen LogP) is 7.50. The Kier molecular flexibility index (Phi) is 13.0. The molecule has 4 heterocycles. The van der Waals surface area contributed by atoms with Gasteiger partial charge in [0.15, 0.2) is 0 Å². The average molecular weight is 920 g/mol. The molecule has 1 saturated heterocycles. The summed E-state index contributed by atoms with van der Waals surface area (Å²) in [7, 11) is -4.00. The van der Waals surface area contributed by atoms with Crippen molar-refractivity contribution in [3.05, 3.63) is 41.4 Å². The smallest absolute Gasteiger partial charge is 0.408 e. The molecule has 15 nitrogen and oxygen atoms in total. The molecule has 4 fully saturated rings. The lowest BCUT2D eigenvalue weighted by Gasteiger charge is -2.30. The number of fused-ring (bicyclic) bond motifs is 3. The van der Waals surface area contributed by atoms with E-state index in [2.05, 4.69) is 20.7 Å². The molecular formula is C47H65N7O8S2. The zero-order valence-corrected chi connectivity index (χ0v) is 39.7. The van der Waals surface area contributed by atoms with Gasteiger partial charge < -0.3 is 25.0 Å². The van der Waals surface area contributed by atoms with Gasteiger partial charge in [-0.1, -0.05) is 63.2 Å². The summed E-state index contributed by atoms with van der Waals surface area (Å²) in [5, 5.41) is 8.79. The zero-order chi connectivity index (χ0) is 45.6. The van der Waals surface area contributed by atoms with Crippen LogP contribution in [0.2, 0.25) is 0 Å². The Labute approximate surface area is 380 Å². The molecule has 1 aromatic carbocycles. The molecule has 3 saturated carbocycles. The number of alkyl carbamates (subject to hydrolysis) is 1. The zero-order valence-electron chi connectivity index (χ0n) is 38.1. The highest BCUT2D eigenvalue weighted by atomic mass is 32.2. The van der Waals surface area contributed by atoms with Crippen molar-refractivity contribution in [2.24, 2.45) is 11.8 Å². The van der Waals surface area contributed by atoms with E-state index in [1.807, 2.05) is 48.8 Å². The summed E-state index contributed by atoms with van der Waals surface area (Å²) in [5.41, 5.74) is 1.27. The Balaban J connectivity index is 1.10. The van der Waals surface area contributed by atoms with Crippen LogP contribution < -0.4 is 20.1 Å². The van der Waals surface area contributed by atoms with Crippen molar-refractivity contribution in [2.45, 2.75) is 178 Å². The van der Waals surface area contributed by atoms with Gasteiger partial charge in [0.25, 0.3) is 11.9 Å². The third-order valence-electron chi connectivity index (χ3n) is 13.6. The van der Waals surface area contributed by atoms with E-state index in [0.717, 1.165) is 46.6 Å². The van der Waals surface area contributed by atoms with Crippen LogP contribution in [-0.4, -0.2) is 92.3 Å². The minimum Gasteiger partial charge on any atom is -0.459 e. The third-order valence-corrected chi connectivity index (χ3v) is 16.7. The summed E-state index contributed by atoms with van der Waals surface area (Å²) in [6, 6.07) is 4.17. The van der Waals surface area contributed by atoms with Gasteiger partial charge in [-0.15, -0.1) is 11.3 Å². The van der Waals surface area contributed by atoms with Crippen LogP contribution in [0.3, 0.4) is 0 Å². The van der Waals surface area contributed by atoms with Gasteiger partial charge in [-0.25, -0.2) is 18.2 Å².